The lowest BCUT2D eigenvalue weighted by Gasteiger charge is -2.33. The average Bonchev–Trinajstić information content (AvgIpc) is 2.90. The number of hydrogen-bond donors (Lipinski definition) is 4. The zero-order valence-electron chi connectivity index (χ0n) is 21.7. The van der Waals surface area contributed by atoms with Gasteiger partial charge < -0.3 is 30.7 Å². The summed E-state index contributed by atoms with van der Waals surface area (Å²) in [5, 5.41) is 24.3. The molecule has 0 spiro atoms. The number of nitrogens with one attached hydrogen (secondary N) is 1. The van der Waals surface area contributed by atoms with Crippen molar-refractivity contribution < 1.29 is 42.0 Å². The normalized spacial score (nSPS) is 18.9. The van der Waals surface area contributed by atoms with Gasteiger partial charge in [-0.1, -0.05) is 40.2 Å². The van der Waals surface area contributed by atoms with E-state index in [1.807, 2.05) is 24.3 Å². The van der Waals surface area contributed by atoms with Crippen molar-refractivity contribution >= 4 is 21.8 Å². The third kappa shape index (κ3) is 8.65. The summed E-state index contributed by atoms with van der Waals surface area (Å²) in [6.45, 7) is -0.147. The van der Waals surface area contributed by atoms with Crippen molar-refractivity contribution in [1.82, 2.24) is 5.32 Å². The van der Waals surface area contributed by atoms with Crippen LogP contribution in [0.3, 0.4) is 0 Å². The molecule has 4 rings (SSSR count). The van der Waals surface area contributed by atoms with Crippen LogP contribution in [0.1, 0.15) is 29.2 Å². The number of rotatable bonds is 10. The van der Waals surface area contributed by atoms with E-state index in [1.54, 1.807) is 0 Å². The van der Waals surface area contributed by atoms with Crippen molar-refractivity contribution in [2.75, 3.05) is 6.61 Å². The van der Waals surface area contributed by atoms with Gasteiger partial charge in [-0.2, -0.15) is 0 Å². The quantitative estimate of drug-likeness (QED) is 0.241. The summed E-state index contributed by atoms with van der Waals surface area (Å²) >= 11 is 3.36. The smallest absolute Gasteiger partial charge is 0.490 e. The van der Waals surface area contributed by atoms with Gasteiger partial charge >= 0.3 is 6.36 Å². The van der Waals surface area contributed by atoms with Crippen molar-refractivity contribution in [1.29, 1.82) is 0 Å². The summed E-state index contributed by atoms with van der Waals surface area (Å²) in [7, 11) is 0. The molecule has 7 nitrogen and oxygen atoms in total. The second-order valence-corrected chi connectivity index (χ2v) is 10.9. The Morgan fingerprint density at radius 1 is 1.10 bits per heavy atom. The number of amides is 1. The summed E-state index contributed by atoms with van der Waals surface area (Å²) in [6.07, 6.45) is -7.15. The minimum Gasteiger partial charge on any atom is -0.490 e. The van der Waals surface area contributed by atoms with Crippen LogP contribution in [0.25, 0.3) is 0 Å². The van der Waals surface area contributed by atoms with Gasteiger partial charge in [0, 0.05) is 22.0 Å². The lowest BCUT2D eigenvalue weighted by atomic mass is 9.88. The van der Waals surface area contributed by atoms with E-state index in [2.05, 4.69) is 26.0 Å². The number of halogens is 5. The number of aliphatic hydroxyl groups is 2. The number of carbonyl (C=O) groups is 1. The Kier molecular flexibility index (Phi) is 9.90. The van der Waals surface area contributed by atoms with E-state index < -0.39 is 54.0 Å². The van der Waals surface area contributed by atoms with Crippen LogP contribution in [-0.2, 0) is 17.6 Å². The first-order valence-corrected chi connectivity index (χ1v) is 13.6. The highest BCUT2D eigenvalue weighted by molar-refractivity contribution is 9.10. The highest BCUT2D eigenvalue weighted by Gasteiger charge is 2.35. The maximum atomic E-state index is 14.0. The minimum atomic E-state index is -4.90. The first-order chi connectivity index (χ1) is 19.4. The third-order valence-corrected chi connectivity index (χ3v) is 7.32. The maximum Gasteiger partial charge on any atom is 0.573 e. The standard InChI is InChI=1S/C29H29BrF4N2O5/c30-19-6-4-16(5-7-19)12-23(35)24(37)13-18(10-17-2-1-3-21(11-17)41-29(32,33)34)28(39)36-27-22-14-20(31)8-9-26(22)40-15-25(27)38/h1-9,11,14,18,23-25,27,37-38H,10,12-13,15,35H2,(H,36,39)/t18-,23+,24+,25-,27+/m1/s1. The number of fused-ring (bicyclic) bond motifs is 1. The maximum absolute atomic E-state index is 14.0. The second kappa shape index (κ2) is 13.2. The van der Waals surface area contributed by atoms with E-state index >= 15 is 0 Å². The Bertz CT molecular complexity index is 1340. The number of hydrogen-bond acceptors (Lipinski definition) is 6. The fraction of sp³-hybridized carbons (Fsp3) is 0.345. The summed E-state index contributed by atoms with van der Waals surface area (Å²) in [4.78, 5) is 13.6. The molecule has 1 amide bonds. The molecule has 220 valence electrons. The highest BCUT2D eigenvalue weighted by atomic mass is 79.9. The van der Waals surface area contributed by atoms with Crippen LogP contribution in [-0.4, -0.2) is 47.3 Å². The molecule has 41 heavy (non-hydrogen) atoms. The molecule has 0 aromatic heterocycles. The lowest BCUT2D eigenvalue weighted by Crippen LogP contribution is -2.46. The van der Waals surface area contributed by atoms with Gasteiger partial charge in [0.15, 0.2) is 0 Å². The Balaban J connectivity index is 1.55. The summed E-state index contributed by atoms with van der Waals surface area (Å²) in [6, 6.07) is 14.5. The molecular weight excluding hydrogens is 612 g/mol. The molecule has 0 saturated heterocycles. The van der Waals surface area contributed by atoms with Crippen molar-refractivity contribution in [3.8, 4) is 11.5 Å². The number of nitrogens with two attached hydrogens (primary N) is 1. The monoisotopic (exact) mass is 640 g/mol. The van der Waals surface area contributed by atoms with Crippen LogP contribution in [0, 0.1) is 11.7 Å². The Morgan fingerprint density at radius 3 is 2.54 bits per heavy atom. The molecule has 0 unspecified atom stereocenters. The zero-order valence-corrected chi connectivity index (χ0v) is 23.2. The second-order valence-electron chi connectivity index (χ2n) is 9.94. The Labute approximate surface area is 242 Å². The molecule has 3 aromatic rings. The van der Waals surface area contributed by atoms with E-state index in [4.69, 9.17) is 10.5 Å². The van der Waals surface area contributed by atoms with Crippen molar-refractivity contribution in [3.05, 3.63) is 93.7 Å². The predicted molar refractivity (Wildman–Crippen MR) is 146 cm³/mol. The van der Waals surface area contributed by atoms with Crippen LogP contribution in [0.4, 0.5) is 17.6 Å². The molecule has 5 N–H and O–H groups in total. The number of aliphatic hydroxyl groups excluding tert-OH is 2. The fourth-order valence-corrected chi connectivity index (χ4v) is 5.01. The van der Waals surface area contributed by atoms with Gasteiger partial charge in [-0.25, -0.2) is 4.39 Å². The molecule has 3 aromatic carbocycles. The van der Waals surface area contributed by atoms with E-state index in [9.17, 15) is 32.6 Å². The number of alkyl halides is 3. The number of carbonyl (C=O) groups excluding carboxylic acids is 1. The molecule has 0 radical (unpaired) electrons. The first kappa shape index (κ1) is 30.8. The molecule has 5 atom stereocenters. The Hall–Kier alpha value is -3.19. The van der Waals surface area contributed by atoms with Gasteiger partial charge in [0.05, 0.1) is 12.1 Å². The van der Waals surface area contributed by atoms with E-state index in [-0.39, 0.29) is 25.0 Å². The van der Waals surface area contributed by atoms with Crippen LogP contribution in [0.5, 0.6) is 11.5 Å². The van der Waals surface area contributed by atoms with E-state index in [1.165, 1.54) is 24.3 Å². The molecular formula is C29H29BrF4N2O5. The van der Waals surface area contributed by atoms with Gasteiger partial charge in [-0.05, 0) is 72.9 Å². The van der Waals surface area contributed by atoms with Gasteiger partial charge in [0.25, 0.3) is 0 Å². The summed E-state index contributed by atoms with van der Waals surface area (Å²) in [5.41, 5.74) is 7.72. The molecule has 1 aliphatic heterocycles. The lowest BCUT2D eigenvalue weighted by molar-refractivity contribution is -0.274. The molecule has 0 bridgehead atoms. The average molecular weight is 641 g/mol. The number of ether oxygens (including phenoxy) is 2. The van der Waals surface area contributed by atoms with Crippen LogP contribution >= 0.6 is 15.9 Å². The Morgan fingerprint density at radius 2 is 1.83 bits per heavy atom. The van der Waals surface area contributed by atoms with Crippen molar-refractivity contribution in [2.24, 2.45) is 11.7 Å². The van der Waals surface area contributed by atoms with Crippen LogP contribution in [0.2, 0.25) is 0 Å². The number of benzene rings is 3. The molecule has 0 aliphatic carbocycles. The summed E-state index contributed by atoms with van der Waals surface area (Å²) in [5.74, 6) is -2.33. The molecule has 1 aliphatic rings. The summed E-state index contributed by atoms with van der Waals surface area (Å²) < 4.78 is 62.7. The van der Waals surface area contributed by atoms with Crippen molar-refractivity contribution in [3.63, 3.8) is 0 Å². The molecule has 0 saturated carbocycles. The fourth-order valence-electron chi connectivity index (χ4n) is 4.75. The van der Waals surface area contributed by atoms with E-state index in [0.29, 0.717) is 17.7 Å². The topological polar surface area (TPSA) is 114 Å². The van der Waals surface area contributed by atoms with E-state index in [0.717, 1.165) is 28.2 Å². The van der Waals surface area contributed by atoms with Gasteiger partial charge in [-0.3, -0.25) is 4.79 Å². The minimum absolute atomic E-state index is 0.0712. The SMILES string of the molecule is N[C@@H](Cc1ccc(Br)cc1)[C@@H](O)C[C@@H](Cc1cccc(OC(F)(F)F)c1)C(=O)N[C@H]1c2cc(F)ccc2OC[C@H]1O. The van der Waals surface area contributed by atoms with Gasteiger partial charge in [0.1, 0.15) is 30.0 Å². The highest BCUT2D eigenvalue weighted by Crippen LogP contribution is 2.34. The van der Waals surface area contributed by atoms with Crippen molar-refractivity contribution in [2.45, 2.75) is 49.9 Å². The van der Waals surface area contributed by atoms with Gasteiger partial charge in [-0.15, -0.1) is 13.2 Å². The third-order valence-electron chi connectivity index (χ3n) is 6.79. The molecule has 12 heteroatoms. The van der Waals surface area contributed by atoms with Gasteiger partial charge in [0.2, 0.25) is 5.91 Å². The van der Waals surface area contributed by atoms with Crippen LogP contribution < -0.4 is 20.5 Å². The zero-order chi connectivity index (χ0) is 29.7. The largest absolute Gasteiger partial charge is 0.573 e. The predicted octanol–water partition coefficient (Wildman–Crippen LogP) is 4.58. The molecule has 0 fully saturated rings. The van der Waals surface area contributed by atoms with Crippen LogP contribution in [0.15, 0.2) is 71.2 Å². The molecule has 1 heterocycles. The first-order valence-electron chi connectivity index (χ1n) is 12.8.